The van der Waals surface area contributed by atoms with E-state index in [1.807, 2.05) is 12.1 Å². The predicted octanol–water partition coefficient (Wildman–Crippen LogP) is 8.38. The van der Waals surface area contributed by atoms with Crippen LogP contribution >= 0.6 is 0 Å². The largest absolute Gasteiger partial charge is 0.193 e. The summed E-state index contributed by atoms with van der Waals surface area (Å²) in [6, 6.07) is 2.05. The van der Waals surface area contributed by atoms with Crippen LogP contribution in [0, 0.1) is 35.0 Å². The summed E-state index contributed by atoms with van der Waals surface area (Å²) in [5.41, 5.74) is 0. The Bertz CT molecular complexity index is 453. The Hall–Kier alpha value is -1.03. The van der Waals surface area contributed by atoms with Crippen molar-refractivity contribution in [3.63, 3.8) is 0 Å². The summed E-state index contributed by atoms with van der Waals surface area (Å²) >= 11 is 0. The quantitative estimate of drug-likeness (QED) is 0.204. The predicted molar refractivity (Wildman–Crippen MR) is 117 cm³/mol. The van der Waals surface area contributed by atoms with E-state index in [2.05, 4.69) is 19.1 Å². The van der Waals surface area contributed by atoms with Crippen LogP contribution in [0.15, 0.2) is 24.3 Å². The van der Waals surface area contributed by atoms with E-state index in [0.717, 1.165) is 23.7 Å². The maximum Gasteiger partial charge on any atom is 0.0912 e. The Morgan fingerprint density at radius 1 is 0.704 bits per heavy atom. The van der Waals surface area contributed by atoms with E-state index in [4.69, 9.17) is 5.26 Å². The number of allylic oxidation sites excluding steroid dienone is 4. The lowest BCUT2D eigenvalue weighted by molar-refractivity contribution is 0.219. The highest BCUT2D eigenvalue weighted by atomic mass is 14.3. The highest BCUT2D eigenvalue weighted by molar-refractivity contribution is 5.12. The van der Waals surface area contributed by atoms with E-state index < -0.39 is 0 Å². The smallest absolute Gasteiger partial charge is 0.0912 e. The lowest BCUT2D eigenvalue weighted by atomic mass is 9.75. The first-order valence-corrected chi connectivity index (χ1v) is 12.0. The molecule has 0 heterocycles. The molecule has 0 N–H and O–H groups in total. The number of nitrogens with zero attached hydrogens (tertiary/aromatic N) is 1. The molecule has 2 aliphatic rings. The molecule has 0 saturated heterocycles. The van der Waals surface area contributed by atoms with E-state index in [-0.39, 0.29) is 0 Å². The first-order valence-electron chi connectivity index (χ1n) is 12.0. The van der Waals surface area contributed by atoms with Gasteiger partial charge in [-0.15, -0.1) is 0 Å². The van der Waals surface area contributed by atoms with Gasteiger partial charge in [0.05, 0.1) is 6.07 Å². The molecule has 1 heteroatoms. The molecule has 2 rings (SSSR count). The molecule has 152 valence electrons. The fourth-order valence-corrected chi connectivity index (χ4v) is 5.31. The van der Waals surface area contributed by atoms with Crippen LogP contribution in [0.5, 0.6) is 0 Å². The third kappa shape index (κ3) is 9.64. The minimum atomic E-state index is 0.748. The monoisotopic (exact) mass is 369 g/mol. The SMILES string of the molecule is CCCCCCCC1CCC(CCC2CCC(C=CC=CC#N)CC2)CC1. The molecule has 0 amide bonds. The van der Waals surface area contributed by atoms with E-state index >= 15 is 0 Å². The number of hydrogen-bond acceptors (Lipinski definition) is 1. The van der Waals surface area contributed by atoms with Crippen molar-refractivity contribution in [1.29, 1.82) is 5.26 Å². The summed E-state index contributed by atoms with van der Waals surface area (Å²) in [7, 11) is 0. The zero-order valence-corrected chi connectivity index (χ0v) is 17.9. The molecule has 0 unspecified atom stereocenters. The van der Waals surface area contributed by atoms with E-state index in [9.17, 15) is 0 Å². The van der Waals surface area contributed by atoms with Crippen LogP contribution in [0.4, 0.5) is 0 Å². The molecule has 0 aromatic carbocycles. The molecule has 0 spiro atoms. The van der Waals surface area contributed by atoms with Crippen molar-refractivity contribution in [1.82, 2.24) is 0 Å². The summed E-state index contributed by atoms with van der Waals surface area (Å²) in [6.45, 7) is 2.31. The number of rotatable bonds is 11. The number of nitriles is 1. The topological polar surface area (TPSA) is 23.8 Å². The van der Waals surface area contributed by atoms with Gasteiger partial charge in [-0.3, -0.25) is 0 Å². The van der Waals surface area contributed by atoms with Gasteiger partial charge in [-0.1, -0.05) is 102 Å². The Labute approximate surface area is 169 Å². The molecule has 0 atom stereocenters. The first kappa shape index (κ1) is 22.3. The van der Waals surface area contributed by atoms with Crippen molar-refractivity contribution in [3.8, 4) is 6.07 Å². The van der Waals surface area contributed by atoms with Gasteiger partial charge in [-0.25, -0.2) is 0 Å². The zero-order valence-electron chi connectivity index (χ0n) is 17.9. The second-order valence-corrected chi connectivity index (χ2v) is 9.32. The lowest BCUT2D eigenvalue weighted by Gasteiger charge is -2.31. The Kier molecular flexibility index (Phi) is 11.6. The fraction of sp³-hybridized carbons (Fsp3) is 0.808. The maximum atomic E-state index is 8.51. The fourth-order valence-electron chi connectivity index (χ4n) is 5.31. The summed E-state index contributed by atoms with van der Waals surface area (Å²) in [5, 5.41) is 8.51. The van der Waals surface area contributed by atoms with E-state index in [1.54, 1.807) is 6.08 Å². The molecule has 0 aliphatic heterocycles. The molecule has 0 radical (unpaired) electrons. The van der Waals surface area contributed by atoms with Gasteiger partial charge >= 0.3 is 0 Å². The molecule has 0 aromatic heterocycles. The standard InChI is InChI=1S/C26H43N/c1-2-3-4-5-7-10-23-12-16-25(17-13-23)20-21-26-18-14-24(15-19-26)11-8-6-9-22-27/h6,8-9,11,23-26H,2-5,7,10,12-21H2,1H3. The minimum absolute atomic E-state index is 0.748. The molecule has 2 saturated carbocycles. The lowest BCUT2D eigenvalue weighted by Crippen LogP contribution is -2.17. The normalized spacial score (nSPS) is 29.3. The number of hydrogen-bond donors (Lipinski definition) is 0. The second-order valence-electron chi connectivity index (χ2n) is 9.32. The molecule has 27 heavy (non-hydrogen) atoms. The van der Waals surface area contributed by atoms with Crippen LogP contribution in [0.3, 0.4) is 0 Å². The van der Waals surface area contributed by atoms with E-state index in [0.29, 0.717) is 0 Å². The van der Waals surface area contributed by atoms with Gasteiger partial charge in [0.25, 0.3) is 0 Å². The third-order valence-corrected chi connectivity index (χ3v) is 7.22. The highest BCUT2D eigenvalue weighted by Crippen LogP contribution is 2.38. The van der Waals surface area contributed by atoms with Gasteiger partial charge < -0.3 is 0 Å². The van der Waals surface area contributed by atoms with E-state index in [1.165, 1.54) is 103 Å². The zero-order chi connectivity index (χ0) is 19.2. The molecule has 2 aliphatic carbocycles. The summed E-state index contributed by atoms with van der Waals surface area (Å²) in [6.07, 6.45) is 31.1. The van der Waals surface area contributed by atoms with Crippen molar-refractivity contribution >= 4 is 0 Å². The second kappa shape index (κ2) is 14.0. The Morgan fingerprint density at radius 3 is 1.85 bits per heavy atom. The van der Waals surface area contributed by atoms with Crippen LogP contribution in [-0.4, -0.2) is 0 Å². The van der Waals surface area contributed by atoms with Crippen molar-refractivity contribution < 1.29 is 0 Å². The third-order valence-electron chi connectivity index (χ3n) is 7.22. The summed E-state index contributed by atoms with van der Waals surface area (Å²) in [4.78, 5) is 0. The van der Waals surface area contributed by atoms with Gasteiger partial charge in [0.15, 0.2) is 0 Å². The van der Waals surface area contributed by atoms with Crippen LogP contribution in [0.2, 0.25) is 0 Å². The van der Waals surface area contributed by atoms with Crippen LogP contribution in [0.25, 0.3) is 0 Å². The van der Waals surface area contributed by atoms with Crippen molar-refractivity contribution in [2.45, 2.75) is 110 Å². The molecule has 0 aromatic rings. The van der Waals surface area contributed by atoms with Crippen molar-refractivity contribution in [2.24, 2.45) is 23.7 Å². The highest BCUT2D eigenvalue weighted by Gasteiger charge is 2.23. The van der Waals surface area contributed by atoms with Crippen LogP contribution in [0.1, 0.15) is 110 Å². The number of unbranched alkanes of at least 4 members (excludes halogenated alkanes) is 4. The first-order chi connectivity index (χ1) is 13.3. The minimum Gasteiger partial charge on any atom is -0.193 e. The molecular formula is C26H43N. The van der Waals surface area contributed by atoms with Gasteiger partial charge in [-0.05, 0) is 49.4 Å². The van der Waals surface area contributed by atoms with Gasteiger partial charge in [-0.2, -0.15) is 5.26 Å². The molecule has 2 fully saturated rings. The average molecular weight is 370 g/mol. The van der Waals surface area contributed by atoms with Crippen LogP contribution in [-0.2, 0) is 0 Å². The Morgan fingerprint density at radius 2 is 1.26 bits per heavy atom. The molecular weight excluding hydrogens is 326 g/mol. The van der Waals surface area contributed by atoms with Gasteiger partial charge in [0.2, 0.25) is 0 Å². The van der Waals surface area contributed by atoms with Crippen LogP contribution < -0.4 is 0 Å². The summed E-state index contributed by atoms with van der Waals surface area (Å²) < 4.78 is 0. The average Bonchev–Trinajstić information content (AvgIpc) is 2.71. The molecule has 0 bridgehead atoms. The van der Waals surface area contributed by atoms with Crippen molar-refractivity contribution in [3.05, 3.63) is 24.3 Å². The Balaban J connectivity index is 1.50. The van der Waals surface area contributed by atoms with Gasteiger partial charge in [0, 0.05) is 6.08 Å². The van der Waals surface area contributed by atoms with Crippen molar-refractivity contribution in [2.75, 3.05) is 0 Å². The maximum absolute atomic E-state index is 8.51. The van der Waals surface area contributed by atoms with Gasteiger partial charge in [0.1, 0.15) is 0 Å². The molecule has 1 nitrogen and oxygen atoms in total. The summed E-state index contributed by atoms with van der Waals surface area (Å²) in [5.74, 6) is 3.83.